The molecule has 5 heteroatoms. The van der Waals surface area contributed by atoms with Crippen molar-refractivity contribution in [3.05, 3.63) is 66.4 Å². The fraction of sp³-hybridized carbons (Fsp3) is 0.105. The predicted molar refractivity (Wildman–Crippen MR) is 92.1 cm³/mol. The van der Waals surface area contributed by atoms with Gasteiger partial charge in [0.25, 0.3) is 5.89 Å². The molecule has 0 atom stereocenters. The zero-order chi connectivity index (χ0) is 16.5. The van der Waals surface area contributed by atoms with Gasteiger partial charge in [-0.05, 0) is 31.2 Å². The van der Waals surface area contributed by atoms with Crippen LogP contribution in [-0.2, 0) is 7.05 Å². The summed E-state index contributed by atoms with van der Waals surface area (Å²) in [5.74, 6) is 1.10. The van der Waals surface area contributed by atoms with E-state index in [1.807, 2.05) is 73.3 Å². The van der Waals surface area contributed by atoms with Gasteiger partial charge in [-0.25, -0.2) is 0 Å². The van der Waals surface area contributed by atoms with E-state index < -0.39 is 0 Å². The van der Waals surface area contributed by atoms with Crippen LogP contribution in [0.25, 0.3) is 34.1 Å². The van der Waals surface area contributed by atoms with Gasteiger partial charge in [-0.15, -0.1) is 0 Å². The number of aryl methyl sites for hydroxylation is 2. The van der Waals surface area contributed by atoms with Crippen molar-refractivity contribution in [2.75, 3.05) is 0 Å². The Bertz CT molecular complexity index is 983. The van der Waals surface area contributed by atoms with Crippen LogP contribution >= 0.6 is 0 Å². The molecule has 24 heavy (non-hydrogen) atoms. The maximum atomic E-state index is 5.42. The Morgan fingerprint density at radius 3 is 2.46 bits per heavy atom. The number of hydrogen-bond donors (Lipinski definition) is 0. The molecular weight excluding hydrogens is 300 g/mol. The second-order valence-corrected chi connectivity index (χ2v) is 5.71. The quantitative estimate of drug-likeness (QED) is 0.570. The van der Waals surface area contributed by atoms with Crippen LogP contribution in [0.15, 0.2) is 65.3 Å². The highest BCUT2D eigenvalue weighted by atomic mass is 16.5. The van der Waals surface area contributed by atoms with Gasteiger partial charge in [0.1, 0.15) is 0 Å². The maximum Gasteiger partial charge on any atom is 0.258 e. The van der Waals surface area contributed by atoms with Crippen LogP contribution in [0, 0.1) is 6.92 Å². The highest BCUT2D eigenvalue weighted by Gasteiger charge is 2.12. The first-order chi connectivity index (χ1) is 11.7. The first-order valence-corrected chi connectivity index (χ1v) is 7.70. The molecule has 2 aromatic carbocycles. The van der Waals surface area contributed by atoms with Crippen molar-refractivity contribution in [3.63, 3.8) is 0 Å². The Labute approximate surface area is 139 Å². The van der Waals surface area contributed by atoms with E-state index in [4.69, 9.17) is 4.52 Å². The lowest BCUT2D eigenvalue weighted by Crippen LogP contribution is -1.93. The number of nitrogens with zero attached hydrogens (tertiary/aromatic N) is 4. The van der Waals surface area contributed by atoms with E-state index >= 15 is 0 Å². The molecule has 0 aliphatic heterocycles. The van der Waals surface area contributed by atoms with Gasteiger partial charge in [-0.2, -0.15) is 10.1 Å². The molecule has 118 valence electrons. The fourth-order valence-electron chi connectivity index (χ4n) is 2.63. The van der Waals surface area contributed by atoms with Gasteiger partial charge < -0.3 is 4.52 Å². The van der Waals surface area contributed by atoms with Gasteiger partial charge in [-0.1, -0.05) is 41.1 Å². The highest BCUT2D eigenvalue weighted by molar-refractivity contribution is 5.68. The summed E-state index contributed by atoms with van der Waals surface area (Å²) >= 11 is 0. The van der Waals surface area contributed by atoms with Crippen molar-refractivity contribution in [3.8, 4) is 34.1 Å². The molecule has 0 spiro atoms. The van der Waals surface area contributed by atoms with E-state index in [2.05, 4.69) is 15.2 Å². The maximum absolute atomic E-state index is 5.42. The second-order valence-electron chi connectivity index (χ2n) is 5.71. The van der Waals surface area contributed by atoms with Crippen LogP contribution in [0.5, 0.6) is 0 Å². The molecule has 0 saturated carbocycles. The van der Waals surface area contributed by atoms with Gasteiger partial charge >= 0.3 is 0 Å². The standard InChI is InChI=1S/C19H16N4O/c1-13-6-8-14(9-7-13)19-21-18(22-24-19)16-5-3-4-15(12-16)17-10-11-20-23(17)2/h3-12H,1-2H3. The molecule has 2 heterocycles. The zero-order valence-electron chi connectivity index (χ0n) is 13.5. The molecule has 4 aromatic rings. The van der Waals surface area contributed by atoms with E-state index in [9.17, 15) is 0 Å². The molecule has 0 unspecified atom stereocenters. The van der Waals surface area contributed by atoms with Crippen molar-refractivity contribution in [2.24, 2.45) is 7.05 Å². The summed E-state index contributed by atoms with van der Waals surface area (Å²) in [5, 5.41) is 8.33. The van der Waals surface area contributed by atoms with E-state index in [1.54, 1.807) is 6.20 Å². The van der Waals surface area contributed by atoms with Crippen LogP contribution in [0.2, 0.25) is 0 Å². The Morgan fingerprint density at radius 2 is 1.71 bits per heavy atom. The van der Waals surface area contributed by atoms with Crippen molar-refractivity contribution in [1.82, 2.24) is 19.9 Å². The van der Waals surface area contributed by atoms with E-state index in [0.717, 1.165) is 22.4 Å². The molecule has 0 N–H and O–H groups in total. The summed E-state index contributed by atoms with van der Waals surface area (Å²) in [6, 6.07) is 18.1. The number of hydrogen-bond acceptors (Lipinski definition) is 4. The Hall–Kier alpha value is -3.21. The number of benzene rings is 2. The minimum absolute atomic E-state index is 0.524. The second kappa shape index (κ2) is 5.77. The molecule has 0 saturated heterocycles. The number of aromatic nitrogens is 4. The van der Waals surface area contributed by atoms with Gasteiger partial charge in [-0.3, -0.25) is 4.68 Å². The van der Waals surface area contributed by atoms with Crippen molar-refractivity contribution < 1.29 is 4.52 Å². The Morgan fingerprint density at radius 1 is 0.917 bits per heavy atom. The van der Waals surface area contributed by atoms with Crippen LogP contribution in [0.1, 0.15) is 5.56 Å². The van der Waals surface area contributed by atoms with Crippen LogP contribution in [0.3, 0.4) is 0 Å². The molecular formula is C19H16N4O. The molecule has 0 radical (unpaired) electrons. The van der Waals surface area contributed by atoms with Crippen LogP contribution in [0.4, 0.5) is 0 Å². The van der Waals surface area contributed by atoms with Crippen molar-refractivity contribution in [2.45, 2.75) is 6.92 Å². The SMILES string of the molecule is Cc1ccc(-c2nc(-c3cccc(-c4ccnn4C)c3)no2)cc1. The Kier molecular flexibility index (Phi) is 3.46. The third-order valence-corrected chi connectivity index (χ3v) is 3.96. The predicted octanol–water partition coefficient (Wildman–Crippen LogP) is 4.11. The third-order valence-electron chi connectivity index (χ3n) is 3.96. The number of rotatable bonds is 3. The largest absolute Gasteiger partial charge is 0.334 e. The first kappa shape index (κ1) is 14.4. The first-order valence-electron chi connectivity index (χ1n) is 7.70. The third kappa shape index (κ3) is 2.60. The summed E-state index contributed by atoms with van der Waals surface area (Å²) in [7, 11) is 1.92. The summed E-state index contributed by atoms with van der Waals surface area (Å²) in [5.41, 5.74) is 5.13. The molecule has 2 aromatic heterocycles. The highest BCUT2D eigenvalue weighted by Crippen LogP contribution is 2.26. The van der Waals surface area contributed by atoms with Gasteiger partial charge in [0.2, 0.25) is 5.82 Å². The van der Waals surface area contributed by atoms with Gasteiger partial charge in [0, 0.05) is 29.9 Å². The lowest BCUT2D eigenvalue weighted by atomic mass is 10.1. The minimum Gasteiger partial charge on any atom is -0.334 e. The average Bonchev–Trinajstić information content (AvgIpc) is 3.25. The summed E-state index contributed by atoms with van der Waals surface area (Å²) in [6.45, 7) is 2.05. The van der Waals surface area contributed by atoms with Crippen molar-refractivity contribution in [1.29, 1.82) is 0 Å². The normalized spacial score (nSPS) is 10.9. The molecule has 4 rings (SSSR count). The molecule has 0 amide bonds. The zero-order valence-corrected chi connectivity index (χ0v) is 13.5. The Balaban J connectivity index is 1.70. The molecule has 0 bridgehead atoms. The van der Waals surface area contributed by atoms with Crippen LogP contribution < -0.4 is 0 Å². The van der Waals surface area contributed by atoms with Crippen LogP contribution in [-0.4, -0.2) is 19.9 Å². The van der Waals surface area contributed by atoms with E-state index in [1.165, 1.54) is 5.56 Å². The average molecular weight is 316 g/mol. The monoisotopic (exact) mass is 316 g/mol. The summed E-state index contributed by atoms with van der Waals surface area (Å²) < 4.78 is 7.26. The van der Waals surface area contributed by atoms with E-state index in [0.29, 0.717) is 11.7 Å². The van der Waals surface area contributed by atoms with E-state index in [-0.39, 0.29) is 0 Å². The van der Waals surface area contributed by atoms with Crippen molar-refractivity contribution >= 4 is 0 Å². The van der Waals surface area contributed by atoms with Gasteiger partial charge in [0.15, 0.2) is 0 Å². The summed E-state index contributed by atoms with van der Waals surface area (Å²) in [4.78, 5) is 4.53. The summed E-state index contributed by atoms with van der Waals surface area (Å²) in [6.07, 6.45) is 1.78. The topological polar surface area (TPSA) is 56.7 Å². The lowest BCUT2D eigenvalue weighted by molar-refractivity contribution is 0.432. The van der Waals surface area contributed by atoms with Gasteiger partial charge in [0.05, 0.1) is 5.69 Å². The molecule has 0 aliphatic carbocycles. The minimum atomic E-state index is 0.524. The smallest absolute Gasteiger partial charge is 0.258 e. The fourth-order valence-corrected chi connectivity index (χ4v) is 2.63. The molecule has 0 fully saturated rings. The molecule has 0 aliphatic rings. The molecule has 5 nitrogen and oxygen atoms in total. The lowest BCUT2D eigenvalue weighted by Gasteiger charge is -2.03.